The second-order valence-electron chi connectivity index (χ2n) is 3.87. The van der Waals surface area contributed by atoms with Gasteiger partial charge in [0.1, 0.15) is 13.2 Å². The first-order valence-corrected chi connectivity index (χ1v) is 6.27. The summed E-state index contributed by atoms with van der Waals surface area (Å²) < 4.78 is 9.86. The Labute approximate surface area is 122 Å². The average molecular weight is 293 g/mol. The summed E-state index contributed by atoms with van der Waals surface area (Å²) in [6.45, 7) is 5.09. The standard InChI is InChI=1S/C14H15NO4S/c1-10(2)13(17)18-8-9-19-14(20)15-12(16)11-6-4-3-5-7-11/h3-7H,1,8-9H2,2H3,(H,15,16,20). The van der Waals surface area contributed by atoms with Crippen LogP contribution in [-0.4, -0.2) is 30.3 Å². The fourth-order valence-electron chi connectivity index (χ4n) is 1.18. The molecule has 0 aliphatic carbocycles. The van der Waals surface area contributed by atoms with Gasteiger partial charge in [0.15, 0.2) is 0 Å². The van der Waals surface area contributed by atoms with E-state index in [-0.39, 0.29) is 24.3 Å². The first-order valence-electron chi connectivity index (χ1n) is 5.86. The number of ether oxygens (including phenoxy) is 2. The first-order chi connectivity index (χ1) is 9.50. The van der Waals surface area contributed by atoms with Crippen LogP contribution >= 0.6 is 12.2 Å². The molecule has 0 saturated heterocycles. The van der Waals surface area contributed by atoms with E-state index in [2.05, 4.69) is 11.9 Å². The lowest BCUT2D eigenvalue weighted by molar-refractivity contribution is -0.139. The Bertz CT molecular complexity index is 513. The van der Waals surface area contributed by atoms with E-state index in [1.54, 1.807) is 31.2 Å². The molecular weight excluding hydrogens is 278 g/mol. The van der Waals surface area contributed by atoms with Gasteiger partial charge >= 0.3 is 5.97 Å². The molecule has 106 valence electrons. The van der Waals surface area contributed by atoms with Gasteiger partial charge in [-0.25, -0.2) is 4.79 Å². The van der Waals surface area contributed by atoms with Crippen molar-refractivity contribution in [3.8, 4) is 0 Å². The van der Waals surface area contributed by atoms with Crippen molar-refractivity contribution in [3.63, 3.8) is 0 Å². The summed E-state index contributed by atoms with van der Waals surface area (Å²) in [5.41, 5.74) is 0.789. The van der Waals surface area contributed by atoms with E-state index in [1.165, 1.54) is 0 Å². The molecule has 0 unspecified atom stereocenters. The van der Waals surface area contributed by atoms with Gasteiger partial charge in [-0.05, 0) is 31.3 Å². The molecule has 20 heavy (non-hydrogen) atoms. The molecule has 5 nitrogen and oxygen atoms in total. The summed E-state index contributed by atoms with van der Waals surface area (Å²) in [5.74, 6) is -0.845. The van der Waals surface area contributed by atoms with Gasteiger partial charge in [0.05, 0.1) is 0 Å². The lowest BCUT2D eigenvalue weighted by Gasteiger charge is -2.09. The van der Waals surface area contributed by atoms with Crippen molar-refractivity contribution >= 4 is 29.3 Å². The van der Waals surface area contributed by atoms with Crippen LogP contribution in [0.1, 0.15) is 17.3 Å². The predicted molar refractivity (Wildman–Crippen MR) is 78.2 cm³/mol. The second kappa shape index (κ2) is 8.06. The summed E-state index contributed by atoms with van der Waals surface area (Å²) in [4.78, 5) is 22.8. The van der Waals surface area contributed by atoms with Gasteiger partial charge in [-0.3, -0.25) is 10.1 Å². The molecule has 6 heteroatoms. The third-order valence-corrected chi connectivity index (χ3v) is 2.37. The third-order valence-electron chi connectivity index (χ3n) is 2.15. The van der Waals surface area contributed by atoms with Crippen molar-refractivity contribution in [3.05, 3.63) is 48.0 Å². The molecule has 1 N–H and O–H groups in total. The van der Waals surface area contributed by atoms with Crippen LogP contribution in [0.5, 0.6) is 0 Å². The highest BCUT2D eigenvalue weighted by Gasteiger charge is 2.08. The number of esters is 1. The van der Waals surface area contributed by atoms with Crippen molar-refractivity contribution in [2.45, 2.75) is 6.92 Å². The second-order valence-corrected chi connectivity index (χ2v) is 4.24. The zero-order valence-corrected chi connectivity index (χ0v) is 11.9. The van der Waals surface area contributed by atoms with Gasteiger partial charge in [0.2, 0.25) is 0 Å². The number of hydrogen-bond donors (Lipinski definition) is 1. The van der Waals surface area contributed by atoms with E-state index in [9.17, 15) is 9.59 Å². The van der Waals surface area contributed by atoms with E-state index in [4.69, 9.17) is 21.7 Å². The fraction of sp³-hybridized carbons (Fsp3) is 0.214. The minimum atomic E-state index is -0.493. The number of carbonyl (C=O) groups is 2. The van der Waals surface area contributed by atoms with E-state index in [1.807, 2.05) is 6.07 Å². The molecule has 0 bridgehead atoms. The van der Waals surface area contributed by atoms with Crippen LogP contribution in [0.4, 0.5) is 0 Å². The van der Waals surface area contributed by atoms with Gasteiger partial charge in [-0.1, -0.05) is 24.8 Å². The molecule has 0 aromatic heterocycles. The van der Waals surface area contributed by atoms with Gasteiger partial charge < -0.3 is 9.47 Å². The van der Waals surface area contributed by atoms with Crippen molar-refractivity contribution in [1.82, 2.24) is 5.32 Å². The number of amides is 1. The van der Waals surface area contributed by atoms with Crippen LogP contribution in [0.25, 0.3) is 0 Å². The van der Waals surface area contributed by atoms with Crippen molar-refractivity contribution in [1.29, 1.82) is 0 Å². The Hall–Kier alpha value is -2.21. The monoisotopic (exact) mass is 293 g/mol. The zero-order valence-electron chi connectivity index (χ0n) is 11.0. The van der Waals surface area contributed by atoms with Gasteiger partial charge in [-0.15, -0.1) is 0 Å². The Kier molecular flexibility index (Phi) is 6.39. The summed E-state index contributed by atoms with van der Waals surface area (Å²) in [6.07, 6.45) is 0. The van der Waals surface area contributed by atoms with Crippen LogP contribution in [0.3, 0.4) is 0 Å². The van der Waals surface area contributed by atoms with Gasteiger partial charge in [-0.2, -0.15) is 0 Å². The van der Waals surface area contributed by atoms with Crippen molar-refractivity contribution in [2.75, 3.05) is 13.2 Å². The lowest BCUT2D eigenvalue weighted by Crippen LogP contribution is -2.31. The Balaban J connectivity index is 2.26. The smallest absolute Gasteiger partial charge is 0.333 e. The summed E-state index contributed by atoms with van der Waals surface area (Å²) in [5, 5.41) is 2.35. The number of rotatable bonds is 5. The van der Waals surface area contributed by atoms with E-state index in [0.29, 0.717) is 11.1 Å². The number of hydrogen-bond acceptors (Lipinski definition) is 5. The fourth-order valence-corrected chi connectivity index (χ4v) is 1.36. The highest BCUT2D eigenvalue weighted by atomic mass is 32.1. The molecule has 0 spiro atoms. The first kappa shape index (κ1) is 15.8. The molecule has 0 aliphatic rings. The average Bonchev–Trinajstić information content (AvgIpc) is 2.44. The van der Waals surface area contributed by atoms with Crippen molar-refractivity contribution < 1.29 is 19.1 Å². The van der Waals surface area contributed by atoms with Crippen LogP contribution in [0.2, 0.25) is 0 Å². The summed E-state index contributed by atoms with van der Waals surface area (Å²) in [6, 6.07) is 8.62. The quantitative estimate of drug-likeness (QED) is 0.388. The molecule has 1 aromatic carbocycles. The molecule has 0 radical (unpaired) electrons. The van der Waals surface area contributed by atoms with Crippen LogP contribution in [-0.2, 0) is 14.3 Å². The van der Waals surface area contributed by atoms with Crippen molar-refractivity contribution in [2.24, 2.45) is 0 Å². The summed E-state index contributed by atoms with van der Waals surface area (Å²) >= 11 is 4.85. The molecule has 0 fully saturated rings. The number of carbonyl (C=O) groups excluding carboxylic acids is 2. The summed E-state index contributed by atoms with van der Waals surface area (Å²) in [7, 11) is 0. The molecule has 1 amide bonds. The zero-order chi connectivity index (χ0) is 15.0. The number of benzene rings is 1. The molecule has 1 rings (SSSR count). The van der Waals surface area contributed by atoms with Gasteiger partial charge in [0, 0.05) is 11.1 Å². The van der Waals surface area contributed by atoms with Crippen LogP contribution < -0.4 is 5.32 Å². The van der Waals surface area contributed by atoms with E-state index in [0.717, 1.165) is 0 Å². The Morgan fingerprint density at radius 2 is 1.80 bits per heavy atom. The topological polar surface area (TPSA) is 64.6 Å². The molecule has 0 aliphatic heterocycles. The highest BCUT2D eigenvalue weighted by molar-refractivity contribution is 7.80. The maximum absolute atomic E-state index is 11.7. The SMILES string of the molecule is C=C(C)C(=O)OCCOC(=S)NC(=O)c1ccccc1. The molecule has 1 aromatic rings. The maximum atomic E-state index is 11.7. The van der Waals surface area contributed by atoms with Crippen LogP contribution in [0.15, 0.2) is 42.5 Å². The predicted octanol–water partition coefficient (Wildman–Crippen LogP) is 1.84. The van der Waals surface area contributed by atoms with Gasteiger partial charge in [0.25, 0.3) is 11.1 Å². The maximum Gasteiger partial charge on any atom is 0.333 e. The Morgan fingerprint density at radius 1 is 1.20 bits per heavy atom. The minimum absolute atomic E-state index is 0.0348. The minimum Gasteiger partial charge on any atom is -0.467 e. The van der Waals surface area contributed by atoms with Crippen LogP contribution in [0, 0.1) is 0 Å². The normalized spacial score (nSPS) is 9.45. The number of thiocarbonyl (C=S) groups is 1. The molecule has 0 atom stereocenters. The molecule has 0 heterocycles. The van der Waals surface area contributed by atoms with E-state index >= 15 is 0 Å². The highest BCUT2D eigenvalue weighted by Crippen LogP contribution is 1.98. The molecule has 0 saturated carbocycles. The molecular formula is C14H15NO4S. The number of nitrogens with one attached hydrogen (secondary N) is 1. The third kappa shape index (κ3) is 5.62. The van der Waals surface area contributed by atoms with E-state index < -0.39 is 5.97 Å². The lowest BCUT2D eigenvalue weighted by atomic mass is 10.2. The Morgan fingerprint density at radius 3 is 2.40 bits per heavy atom. The largest absolute Gasteiger partial charge is 0.467 e.